The molecule has 102 valence electrons. The van der Waals surface area contributed by atoms with E-state index in [-0.39, 0.29) is 5.82 Å². The van der Waals surface area contributed by atoms with Gasteiger partial charge in [0.15, 0.2) is 6.10 Å². The predicted molar refractivity (Wildman–Crippen MR) is 61.6 cm³/mol. The van der Waals surface area contributed by atoms with Crippen molar-refractivity contribution >= 4 is 11.6 Å². The van der Waals surface area contributed by atoms with E-state index in [1.54, 1.807) is 20.9 Å². The summed E-state index contributed by atoms with van der Waals surface area (Å²) in [7, 11) is 1.66. The van der Waals surface area contributed by atoms with Gasteiger partial charge in [-0.15, -0.1) is 0 Å². The normalized spacial score (nSPS) is 13.3. The third-order valence-electron chi connectivity index (χ3n) is 2.34. The molecule has 0 saturated carbocycles. The zero-order valence-electron chi connectivity index (χ0n) is 10.3. The molecule has 1 unspecified atom stereocenters. The minimum atomic E-state index is -4.64. The van der Waals surface area contributed by atoms with Crippen molar-refractivity contribution in [1.29, 1.82) is 0 Å². The molecule has 0 amide bonds. The predicted octanol–water partition coefficient (Wildman–Crippen LogP) is 1.47. The van der Waals surface area contributed by atoms with Gasteiger partial charge in [-0.3, -0.25) is 0 Å². The molecule has 8 heteroatoms. The Morgan fingerprint density at radius 2 is 1.78 bits per heavy atom. The van der Waals surface area contributed by atoms with Crippen LogP contribution in [0.1, 0.15) is 11.4 Å². The first-order valence-corrected chi connectivity index (χ1v) is 5.27. The van der Waals surface area contributed by atoms with Crippen LogP contribution >= 0.6 is 0 Å². The topological polar surface area (TPSA) is 70.1 Å². The van der Waals surface area contributed by atoms with E-state index >= 15 is 0 Å². The van der Waals surface area contributed by atoms with Crippen LogP contribution in [0.25, 0.3) is 0 Å². The van der Waals surface area contributed by atoms with Gasteiger partial charge in [0.2, 0.25) is 0 Å². The molecule has 0 aromatic carbocycles. The summed E-state index contributed by atoms with van der Waals surface area (Å²) < 4.78 is 36.4. The summed E-state index contributed by atoms with van der Waals surface area (Å²) >= 11 is 0. The highest BCUT2D eigenvalue weighted by atomic mass is 19.4. The van der Waals surface area contributed by atoms with Gasteiger partial charge in [0, 0.05) is 12.6 Å². The van der Waals surface area contributed by atoms with Crippen LogP contribution < -0.4 is 10.6 Å². The number of alkyl halides is 3. The van der Waals surface area contributed by atoms with Crippen LogP contribution in [0.2, 0.25) is 0 Å². The van der Waals surface area contributed by atoms with Crippen molar-refractivity contribution in [1.82, 2.24) is 9.97 Å². The Bertz CT molecular complexity index is 422. The Morgan fingerprint density at radius 3 is 2.28 bits per heavy atom. The van der Waals surface area contributed by atoms with Crippen LogP contribution in [0, 0.1) is 13.8 Å². The van der Waals surface area contributed by atoms with Crippen molar-refractivity contribution in [2.45, 2.75) is 26.1 Å². The van der Waals surface area contributed by atoms with E-state index in [4.69, 9.17) is 5.11 Å². The number of aryl methyl sites for hydroxylation is 1. The molecule has 0 fully saturated rings. The maximum absolute atomic E-state index is 12.1. The highest BCUT2D eigenvalue weighted by Gasteiger charge is 2.38. The first-order chi connectivity index (χ1) is 8.25. The number of nitrogens with one attached hydrogen (secondary N) is 2. The summed E-state index contributed by atoms with van der Waals surface area (Å²) in [6.07, 6.45) is -7.07. The number of anilines is 2. The first kappa shape index (κ1) is 14.5. The van der Waals surface area contributed by atoms with Gasteiger partial charge in [-0.1, -0.05) is 0 Å². The molecule has 0 radical (unpaired) electrons. The molecular formula is C10H15F3N4O. The minimum absolute atomic E-state index is 0.273. The zero-order chi connectivity index (χ0) is 13.9. The number of rotatable bonds is 4. The summed E-state index contributed by atoms with van der Waals surface area (Å²) in [5.74, 6) is 1.23. The van der Waals surface area contributed by atoms with Crippen LogP contribution in [0.5, 0.6) is 0 Å². The first-order valence-electron chi connectivity index (χ1n) is 5.27. The monoisotopic (exact) mass is 264 g/mol. The van der Waals surface area contributed by atoms with E-state index in [9.17, 15) is 13.2 Å². The summed E-state index contributed by atoms with van der Waals surface area (Å²) in [5.41, 5.74) is 0.595. The van der Waals surface area contributed by atoms with Crippen LogP contribution in [0.15, 0.2) is 0 Å². The summed E-state index contributed by atoms with van der Waals surface area (Å²) in [5, 5.41) is 14.2. The number of hydrogen-bond acceptors (Lipinski definition) is 5. The fourth-order valence-electron chi connectivity index (χ4n) is 1.35. The highest BCUT2D eigenvalue weighted by Crippen LogP contribution is 2.22. The van der Waals surface area contributed by atoms with E-state index in [2.05, 4.69) is 20.6 Å². The van der Waals surface area contributed by atoms with Gasteiger partial charge in [0.05, 0.1) is 6.54 Å². The molecule has 0 aliphatic rings. The van der Waals surface area contributed by atoms with Gasteiger partial charge >= 0.3 is 6.18 Å². The van der Waals surface area contributed by atoms with E-state index < -0.39 is 18.8 Å². The molecule has 0 bridgehead atoms. The van der Waals surface area contributed by atoms with Gasteiger partial charge < -0.3 is 15.7 Å². The number of nitrogens with zero attached hydrogens (tertiary/aromatic N) is 2. The molecule has 1 heterocycles. The van der Waals surface area contributed by atoms with Gasteiger partial charge in [-0.2, -0.15) is 13.2 Å². The molecule has 1 aromatic heterocycles. The third kappa shape index (κ3) is 3.46. The zero-order valence-corrected chi connectivity index (χ0v) is 10.3. The summed E-state index contributed by atoms with van der Waals surface area (Å²) in [6, 6.07) is 0. The second-order valence-corrected chi connectivity index (χ2v) is 3.78. The Kier molecular flexibility index (Phi) is 4.33. The van der Waals surface area contributed by atoms with E-state index in [0.29, 0.717) is 17.2 Å². The van der Waals surface area contributed by atoms with E-state index in [1.165, 1.54) is 0 Å². The number of aromatic nitrogens is 2. The number of hydrogen-bond donors (Lipinski definition) is 3. The molecule has 0 aliphatic heterocycles. The molecule has 0 saturated heterocycles. The quantitative estimate of drug-likeness (QED) is 0.768. The molecule has 0 spiro atoms. The molecule has 1 atom stereocenters. The van der Waals surface area contributed by atoms with Crippen LogP contribution in [-0.2, 0) is 0 Å². The Morgan fingerprint density at radius 1 is 1.22 bits per heavy atom. The Balaban J connectivity index is 2.82. The molecule has 1 rings (SSSR count). The van der Waals surface area contributed by atoms with E-state index in [0.717, 1.165) is 0 Å². The summed E-state index contributed by atoms with van der Waals surface area (Å²) in [6.45, 7) is 2.66. The van der Waals surface area contributed by atoms with Crippen molar-refractivity contribution in [3.05, 3.63) is 11.4 Å². The fraction of sp³-hybridized carbons (Fsp3) is 0.600. The SMILES string of the molecule is CNc1nc(C)nc(NCC(O)C(F)(F)F)c1C. The average Bonchev–Trinajstić information content (AvgIpc) is 2.27. The van der Waals surface area contributed by atoms with E-state index in [1.807, 2.05) is 0 Å². The lowest BCUT2D eigenvalue weighted by molar-refractivity contribution is -0.198. The molecule has 18 heavy (non-hydrogen) atoms. The van der Waals surface area contributed by atoms with Gasteiger partial charge in [0.25, 0.3) is 0 Å². The van der Waals surface area contributed by atoms with Gasteiger partial charge in [-0.05, 0) is 13.8 Å². The lowest BCUT2D eigenvalue weighted by Crippen LogP contribution is -2.35. The van der Waals surface area contributed by atoms with Crippen molar-refractivity contribution in [3.63, 3.8) is 0 Å². The third-order valence-corrected chi connectivity index (χ3v) is 2.34. The molecular weight excluding hydrogens is 249 g/mol. The second-order valence-electron chi connectivity index (χ2n) is 3.78. The number of aliphatic hydroxyl groups excluding tert-OH is 1. The van der Waals surface area contributed by atoms with Crippen molar-refractivity contribution in [3.8, 4) is 0 Å². The van der Waals surface area contributed by atoms with Crippen LogP contribution in [0.4, 0.5) is 24.8 Å². The highest BCUT2D eigenvalue weighted by molar-refractivity contribution is 5.56. The largest absolute Gasteiger partial charge is 0.416 e. The maximum atomic E-state index is 12.1. The fourth-order valence-corrected chi connectivity index (χ4v) is 1.35. The number of halogens is 3. The van der Waals surface area contributed by atoms with Crippen molar-refractivity contribution < 1.29 is 18.3 Å². The van der Waals surface area contributed by atoms with Gasteiger partial charge in [0.1, 0.15) is 17.5 Å². The standard InChI is InChI=1S/C10H15F3N4O/c1-5-8(14-3)16-6(2)17-9(5)15-4-7(18)10(11,12)13/h7,18H,4H2,1-3H3,(H2,14,15,16,17). The van der Waals surface area contributed by atoms with Gasteiger partial charge in [-0.25, -0.2) is 9.97 Å². The van der Waals surface area contributed by atoms with Crippen LogP contribution in [-0.4, -0.2) is 40.9 Å². The molecule has 5 nitrogen and oxygen atoms in total. The van der Waals surface area contributed by atoms with Crippen LogP contribution in [0.3, 0.4) is 0 Å². The Hall–Kier alpha value is -1.57. The smallest absolute Gasteiger partial charge is 0.382 e. The van der Waals surface area contributed by atoms with Crippen molar-refractivity contribution in [2.75, 3.05) is 24.2 Å². The summed E-state index contributed by atoms with van der Waals surface area (Å²) in [4.78, 5) is 8.08. The lowest BCUT2D eigenvalue weighted by atomic mass is 10.3. The maximum Gasteiger partial charge on any atom is 0.416 e. The number of aliphatic hydroxyl groups is 1. The lowest BCUT2D eigenvalue weighted by Gasteiger charge is -2.17. The molecule has 1 aromatic rings. The average molecular weight is 264 g/mol. The van der Waals surface area contributed by atoms with Crippen molar-refractivity contribution in [2.24, 2.45) is 0 Å². The molecule has 3 N–H and O–H groups in total. The Labute approximate surface area is 102 Å². The molecule has 0 aliphatic carbocycles. The minimum Gasteiger partial charge on any atom is -0.382 e. The second kappa shape index (κ2) is 5.38.